The molecule has 2 aromatic rings. The molecule has 6 nitrogen and oxygen atoms in total. The van der Waals surface area contributed by atoms with E-state index in [1.165, 1.54) is 6.20 Å². The van der Waals surface area contributed by atoms with Crippen LogP contribution >= 0.6 is 0 Å². The van der Waals surface area contributed by atoms with E-state index >= 15 is 0 Å². The second kappa shape index (κ2) is 5.11. The molecule has 0 saturated heterocycles. The monoisotopic (exact) mass is 231 g/mol. The van der Waals surface area contributed by atoms with Crippen molar-refractivity contribution < 1.29 is 4.79 Å². The zero-order chi connectivity index (χ0) is 12.1. The van der Waals surface area contributed by atoms with Crippen molar-refractivity contribution in [3.63, 3.8) is 0 Å². The van der Waals surface area contributed by atoms with E-state index in [4.69, 9.17) is 5.73 Å². The van der Waals surface area contributed by atoms with Crippen molar-refractivity contribution in [1.82, 2.24) is 14.5 Å². The quantitative estimate of drug-likeness (QED) is 0.818. The number of hydrogen-bond donors (Lipinski definition) is 2. The van der Waals surface area contributed by atoms with E-state index in [9.17, 15) is 4.79 Å². The Balaban J connectivity index is 1.83. The Bertz CT molecular complexity index is 477. The maximum Gasteiger partial charge on any atom is 0.226 e. The third-order valence-electron chi connectivity index (χ3n) is 2.23. The Morgan fingerprint density at radius 2 is 2.35 bits per heavy atom. The fourth-order valence-electron chi connectivity index (χ4n) is 1.35. The third kappa shape index (κ3) is 3.30. The van der Waals surface area contributed by atoms with Crippen LogP contribution in [0.25, 0.3) is 0 Å². The first kappa shape index (κ1) is 11.1. The van der Waals surface area contributed by atoms with Gasteiger partial charge in [0.1, 0.15) is 5.82 Å². The summed E-state index contributed by atoms with van der Waals surface area (Å²) >= 11 is 0. The van der Waals surface area contributed by atoms with Crippen LogP contribution in [0.5, 0.6) is 0 Å². The van der Waals surface area contributed by atoms with E-state index in [1.54, 1.807) is 24.7 Å². The van der Waals surface area contributed by atoms with Crippen molar-refractivity contribution in [1.29, 1.82) is 0 Å². The van der Waals surface area contributed by atoms with Crippen molar-refractivity contribution in [2.75, 3.05) is 11.1 Å². The molecule has 0 spiro atoms. The minimum Gasteiger partial charge on any atom is -0.384 e. The molecule has 2 rings (SSSR count). The van der Waals surface area contributed by atoms with E-state index in [0.29, 0.717) is 24.5 Å². The number of rotatable bonds is 4. The molecule has 17 heavy (non-hydrogen) atoms. The number of nitrogens with zero attached hydrogens (tertiary/aromatic N) is 3. The van der Waals surface area contributed by atoms with Gasteiger partial charge in [0.2, 0.25) is 5.91 Å². The van der Waals surface area contributed by atoms with Crippen molar-refractivity contribution in [3.8, 4) is 0 Å². The lowest BCUT2D eigenvalue weighted by molar-refractivity contribution is -0.116. The number of aromatic nitrogens is 3. The van der Waals surface area contributed by atoms with Crippen LogP contribution in [0.3, 0.4) is 0 Å². The van der Waals surface area contributed by atoms with Crippen molar-refractivity contribution >= 4 is 17.4 Å². The van der Waals surface area contributed by atoms with E-state index in [2.05, 4.69) is 15.3 Å². The predicted molar refractivity (Wildman–Crippen MR) is 64.1 cm³/mol. The van der Waals surface area contributed by atoms with Gasteiger partial charge in [-0.2, -0.15) is 0 Å². The number of nitrogens with one attached hydrogen (secondary N) is 1. The highest BCUT2D eigenvalue weighted by Crippen LogP contribution is 2.07. The summed E-state index contributed by atoms with van der Waals surface area (Å²) in [6.45, 7) is 0.605. The Morgan fingerprint density at radius 1 is 1.47 bits per heavy atom. The van der Waals surface area contributed by atoms with Crippen LogP contribution in [0, 0.1) is 0 Å². The summed E-state index contributed by atoms with van der Waals surface area (Å²) in [4.78, 5) is 19.4. The van der Waals surface area contributed by atoms with E-state index in [1.807, 2.05) is 10.8 Å². The SMILES string of the molecule is Nc1ccc(NC(=O)CCn2ccnc2)cn1. The van der Waals surface area contributed by atoms with Gasteiger partial charge in [0.25, 0.3) is 0 Å². The summed E-state index contributed by atoms with van der Waals surface area (Å²) in [5.74, 6) is 0.367. The topological polar surface area (TPSA) is 85.8 Å². The van der Waals surface area contributed by atoms with Crippen LogP contribution in [0.4, 0.5) is 11.5 Å². The molecule has 0 saturated carbocycles. The number of aryl methyl sites for hydroxylation is 1. The zero-order valence-corrected chi connectivity index (χ0v) is 9.21. The molecule has 0 radical (unpaired) electrons. The van der Waals surface area contributed by atoms with Gasteiger partial charge in [-0.15, -0.1) is 0 Å². The molecule has 3 N–H and O–H groups in total. The average Bonchev–Trinajstić information content (AvgIpc) is 2.83. The summed E-state index contributed by atoms with van der Waals surface area (Å²) in [5.41, 5.74) is 6.09. The van der Waals surface area contributed by atoms with Gasteiger partial charge in [0, 0.05) is 25.4 Å². The normalized spacial score (nSPS) is 10.1. The molecule has 0 aromatic carbocycles. The maximum absolute atomic E-state index is 11.6. The van der Waals surface area contributed by atoms with E-state index in [-0.39, 0.29) is 5.91 Å². The first-order chi connectivity index (χ1) is 8.24. The number of anilines is 2. The van der Waals surface area contributed by atoms with Gasteiger partial charge in [0.15, 0.2) is 0 Å². The van der Waals surface area contributed by atoms with Crippen LogP contribution in [-0.4, -0.2) is 20.4 Å². The molecular formula is C11H13N5O. The number of imidazole rings is 1. The molecule has 0 atom stereocenters. The molecule has 88 valence electrons. The number of carbonyl (C=O) groups excluding carboxylic acids is 1. The Hall–Kier alpha value is -2.37. The second-order valence-corrected chi connectivity index (χ2v) is 3.57. The molecule has 0 aliphatic rings. The van der Waals surface area contributed by atoms with E-state index in [0.717, 1.165) is 0 Å². The van der Waals surface area contributed by atoms with Crippen LogP contribution < -0.4 is 11.1 Å². The average molecular weight is 231 g/mol. The molecule has 1 amide bonds. The van der Waals surface area contributed by atoms with Crippen LogP contribution in [-0.2, 0) is 11.3 Å². The molecule has 0 unspecified atom stereocenters. The number of hydrogen-bond acceptors (Lipinski definition) is 4. The van der Waals surface area contributed by atoms with Gasteiger partial charge >= 0.3 is 0 Å². The van der Waals surface area contributed by atoms with Crippen LogP contribution in [0.2, 0.25) is 0 Å². The maximum atomic E-state index is 11.6. The molecule has 0 fully saturated rings. The largest absolute Gasteiger partial charge is 0.384 e. The lowest BCUT2D eigenvalue weighted by Gasteiger charge is -2.05. The van der Waals surface area contributed by atoms with Gasteiger partial charge in [-0.25, -0.2) is 9.97 Å². The summed E-state index contributed by atoms with van der Waals surface area (Å²) < 4.78 is 1.85. The highest BCUT2D eigenvalue weighted by atomic mass is 16.1. The Kier molecular flexibility index (Phi) is 3.34. The van der Waals surface area contributed by atoms with Gasteiger partial charge in [-0.1, -0.05) is 0 Å². The Labute approximate surface area is 98.5 Å². The Morgan fingerprint density at radius 3 is 3.00 bits per heavy atom. The minimum absolute atomic E-state index is 0.0646. The lowest BCUT2D eigenvalue weighted by Crippen LogP contribution is -2.14. The van der Waals surface area contributed by atoms with Crippen molar-refractivity contribution in [2.24, 2.45) is 0 Å². The fourth-order valence-corrected chi connectivity index (χ4v) is 1.35. The summed E-state index contributed by atoms with van der Waals surface area (Å²) in [7, 11) is 0. The summed E-state index contributed by atoms with van der Waals surface area (Å²) in [6, 6.07) is 3.36. The molecule has 0 aliphatic heterocycles. The molecular weight excluding hydrogens is 218 g/mol. The van der Waals surface area contributed by atoms with Crippen LogP contribution in [0.1, 0.15) is 6.42 Å². The van der Waals surface area contributed by atoms with Crippen molar-refractivity contribution in [3.05, 3.63) is 37.1 Å². The smallest absolute Gasteiger partial charge is 0.226 e. The number of nitrogens with two attached hydrogens (primary N) is 1. The third-order valence-corrected chi connectivity index (χ3v) is 2.23. The van der Waals surface area contributed by atoms with Crippen molar-refractivity contribution in [2.45, 2.75) is 13.0 Å². The number of nitrogen functional groups attached to an aromatic ring is 1. The molecule has 2 aromatic heterocycles. The number of amides is 1. The van der Waals surface area contributed by atoms with Gasteiger partial charge in [0.05, 0.1) is 18.2 Å². The van der Waals surface area contributed by atoms with Gasteiger partial charge < -0.3 is 15.6 Å². The summed E-state index contributed by atoms with van der Waals surface area (Å²) in [5, 5.41) is 2.74. The molecule has 2 heterocycles. The highest BCUT2D eigenvalue weighted by Gasteiger charge is 2.02. The molecule has 0 aliphatic carbocycles. The molecule has 0 bridgehead atoms. The number of pyridine rings is 1. The lowest BCUT2D eigenvalue weighted by atomic mass is 10.3. The zero-order valence-electron chi connectivity index (χ0n) is 9.21. The first-order valence-electron chi connectivity index (χ1n) is 5.21. The van der Waals surface area contributed by atoms with Crippen LogP contribution in [0.15, 0.2) is 37.1 Å². The van der Waals surface area contributed by atoms with Gasteiger partial charge in [-0.3, -0.25) is 4.79 Å². The molecule has 6 heteroatoms. The second-order valence-electron chi connectivity index (χ2n) is 3.57. The number of carbonyl (C=O) groups is 1. The standard InChI is InChI=1S/C11H13N5O/c12-10-2-1-9(7-14-10)15-11(17)3-5-16-6-4-13-8-16/h1-2,4,6-8H,3,5H2,(H2,12,14)(H,15,17). The fraction of sp³-hybridized carbons (Fsp3) is 0.182. The predicted octanol–water partition coefficient (Wildman–Crippen LogP) is 0.889. The minimum atomic E-state index is -0.0646. The summed E-state index contributed by atoms with van der Waals surface area (Å²) in [6.07, 6.45) is 7.10. The first-order valence-corrected chi connectivity index (χ1v) is 5.21. The van der Waals surface area contributed by atoms with Gasteiger partial charge in [-0.05, 0) is 12.1 Å². The van der Waals surface area contributed by atoms with E-state index < -0.39 is 0 Å². The highest BCUT2D eigenvalue weighted by molar-refractivity contribution is 5.90.